The standard InChI is InChI=1S/C11H16N2O5S/c1-11(2)17-7-8(18-11)5-13-19(15,16)9-3-4-10(14)12-6-9/h3-4,6,8,13H,5,7H2,1-2H3,(H,12,14). The maximum Gasteiger partial charge on any atom is 0.247 e. The highest BCUT2D eigenvalue weighted by molar-refractivity contribution is 7.89. The Balaban J connectivity index is 1.99. The summed E-state index contributed by atoms with van der Waals surface area (Å²) in [5.74, 6) is -0.686. The van der Waals surface area contributed by atoms with Crippen molar-refractivity contribution in [2.75, 3.05) is 13.2 Å². The van der Waals surface area contributed by atoms with Crippen LogP contribution in [0.5, 0.6) is 0 Å². The van der Waals surface area contributed by atoms with Crippen molar-refractivity contribution in [3.05, 3.63) is 28.7 Å². The van der Waals surface area contributed by atoms with E-state index in [9.17, 15) is 13.2 Å². The molecule has 0 aliphatic carbocycles. The molecule has 0 bridgehead atoms. The minimum atomic E-state index is -3.66. The molecule has 0 saturated carbocycles. The number of hydrogen-bond donors (Lipinski definition) is 2. The second-order valence-corrected chi connectivity index (χ2v) is 6.46. The summed E-state index contributed by atoms with van der Waals surface area (Å²) < 4.78 is 37.1. The van der Waals surface area contributed by atoms with E-state index in [-0.39, 0.29) is 23.1 Å². The highest BCUT2D eigenvalue weighted by atomic mass is 32.2. The van der Waals surface area contributed by atoms with E-state index in [0.29, 0.717) is 6.61 Å². The van der Waals surface area contributed by atoms with Gasteiger partial charge in [0.15, 0.2) is 5.79 Å². The summed E-state index contributed by atoms with van der Waals surface area (Å²) >= 11 is 0. The van der Waals surface area contributed by atoms with Crippen LogP contribution in [-0.2, 0) is 19.5 Å². The van der Waals surface area contributed by atoms with E-state index < -0.39 is 15.8 Å². The summed E-state index contributed by atoms with van der Waals surface area (Å²) in [5, 5.41) is 0. The van der Waals surface area contributed by atoms with Crippen LogP contribution in [0.1, 0.15) is 13.8 Å². The molecule has 19 heavy (non-hydrogen) atoms. The van der Waals surface area contributed by atoms with Crippen LogP contribution in [0.15, 0.2) is 28.0 Å². The predicted molar refractivity (Wildman–Crippen MR) is 67.2 cm³/mol. The normalized spacial score (nSPS) is 22.5. The van der Waals surface area contributed by atoms with Gasteiger partial charge in [-0.15, -0.1) is 0 Å². The lowest BCUT2D eigenvalue weighted by Gasteiger charge is -2.17. The Morgan fingerprint density at radius 3 is 2.74 bits per heavy atom. The van der Waals surface area contributed by atoms with E-state index >= 15 is 0 Å². The van der Waals surface area contributed by atoms with Gasteiger partial charge in [-0.2, -0.15) is 0 Å². The number of aromatic amines is 1. The van der Waals surface area contributed by atoms with E-state index in [4.69, 9.17) is 9.47 Å². The molecule has 2 N–H and O–H groups in total. The number of ether oxygens (including phenoxy) is 2. The molecular formula is C11H16N2O5S. The SMILES string of the molecule is CC1(C)OCC(CNS(=O)(=O)c2ccc(=O)[nH]c2)O1. The van der Waals surface area contributed by atoms with Crippen LogP contribution in [0, 0.1) is 0 Å². The zero-order chi connectivity index (χ0) is 14.1. The third kappa shape index (κ3) is 3.63. The summed E-state index contributed by atoms with van der Waals surface area (Å²) in [4.78, 5) is 13.2. The first-order valence-electron chi connectivity index (χ1n) is 5.79. The van der Waals surface area contributed by atoms with Crippen LogP contribution in [0.4, 0.5) is 0 Å². The van der Waals surface area contributed by atoms with E-state index in [1.807, 2.05) is 0 Å². The molecule has 1 aliphatic heterocycles. The molecule has 106 valence electrons. The molecule has 0 radical (unpaired) electrons. The first-order chi connectivity index (χ1) is 8.78. The van der Waals surface area contributed by atoms with Crippen molar-refractivity contribution in [1.29, 1.82) is 0 Å². The molecule has 7 nitrogen and oxygen atoms in total. The number of hydrogen-bond acceptors (Lipinski definition) is 5. The van der Waals surface area contributed by atoms with Gasteiger partial charge in [0.1, 0.15) is 0 Å². The minimum absolute atomic E-state index is 0.00488. The van der Waals surface area contributed by atoms with Crippen molar-refractivity contribution in [3.63, 3.8) is 0 Å². The summed E-state index contributed by atoms with van der Waals surface area (Å²) in [6.07, 6.45) is 0.827. The second-order valence-electron chi connectivity index (χ2n) is 4.69. The van der Waals surface area contributed by atoms with E-state index in [0.717, 1.165) is 12.3 Å². The molecule has 1 aromatic rings. The number of nitrogens with one attached hydrogen (secondary N) is 2. The lowest BCUT2D eigenvalue weighted by atomic mass is 10.4. The van der Waals surface area contributed by atoms with E-state index in [2.05, 4.69) is 9.71 Å². The lowest BCUT2D eigenvalue weighted by Crippen LogP contribution is -2.34. The number of sulfonamides is 1. The molecule has 1 unspecified atom stereocenters. The molecule has 1 fully saturated rings. The molecule has 0 amide bonds. The van der Waals surface area contributed by atoms with E-state index in [1.165, 1.54) is 6.07 Å². The fraction of sp³-hybridized carbons (Fsp3) is 0.545. The third-order valence-electron chi connectivity index (χ3n) is 2.63. The van der Waals surface area contributed by atoms with Gasteiger partial charge in [0, 0.05) is 18.8 Å². The predicted octanol–water partition coefficient (Wildman–Crippen LogP) is -0.195. The zero-order valence-corrected chi connectivity index (χ0v) is 11.5. The number of pyridine rings is 1. The molecule has 1 aliphatic rings. The Hall–Kier alpha value is -1.22. The molecule has 1 saturated heterocycles. The lowest BCUT2D eigenvalue weighted by molar-refractivity contribution is -0.137. The van der Waals surface area contributed by atoms with Crippen LogP contribution in [0.2, 0.25) is 0 Å². The highest BCUT2D eigenvalue weighted by Gasteiger charge is 2.33. The Bertz CT molecular complexity index is 587. The van der Waals surface area contributed by atoms with Gasteiger partial charge in [0.25, 0.3) is 0 Å². The van der Waals surface area contributed by atoms with Crippen LogP contribution < -0.4 is 10.3 Å². The van der Waals surface area contributed by atoms with Crippen molar-refractivity contribution >= 4 is 10.0 Å². The summed E-state index contributed by atoms with van der Waals surface area (Å²) in [5.41, 5.74) is -0.353. The van der Waals surface area contributed by atoms with Crippen molar-refractivity contribution in [1.82, 2.24) is 9.71 Å². The van der Waals surface area contributed by atoms with Crippen LogP contribution in [0.25, 0.3) is 0 Å². The quantitative estimate of drug-likeness (QED) is 0.800. The topological polar surface area (TPSA) is 97.5 Å². The Morgan fingerprint density at radius 2 is 2.21 bits per heavy atom. The van der Waals surface area contributed by atoms with Gasteiger partial charge in [-0.25, -0.2) is 13.1 Å². The average molecular weight is 288 g/mol. The van der Waals surface area contributed by atoms with Crippen molar-refractivity contribution in [3.8, 4) is 0 Å². The molecule has 0 spiro atoms. The smallest absolute Gasteiger partial charge is 0.247 e. The monoisotopic (exact) mass is 288 g/mol. The molecule has 8 heteroatoms. The number of aromatic nitrogens is 1. The minimum Gasteiger partial charge on any atom is -0.348 e. The summed E-state index contributed by atoms with van der Waals surface area (Å²) in [6.45, 7) is 3.99. The largest absolute Gasteiger partial charge is 0.348 e. The van der Waals surface area contributed by atoms with Gasteiger partial charge in [0.2, 0.25) is 15.6 Å². The fourth-order valence-corrected chi connectivity index (χ4v) is 2.75. The third-order valence-corrected chi connectivity index (χ3v) is 4.06. The molecular weight excluding hydrogens is 272 g/mol. The van der Waals surface area contributed by atoms with Crippen LogP contribution >= 0.6 is 0 Å². The van der Waals surface area contributed by atoms with Gasteiger partial charge in [-0.05, 0) is 19.9 Å². The van der Waals surface area contributed by atoms with Crippen molar-refractivity contribution in [2.45, 2.75) is 30.6 Å². The summed E-state index contributed by atoms with van der Waals surface area (Å²) in [6, 6.07) is 2.41. The Kier molecular flexibility index (Phi) is 3.77. The van der Waals surface area contributed by atoms with Gasteiger partial charge < -0.3 is 14.5 Å². The van der Waals surface area contributed by atoms with Crippen molar-refractivity contribution < 1.29 is 17.9 Å². The van der Waals surface area contributed by atoms with Crippen LogP contribution in [-0.4, -0.2) is 38.4 Å². The van der Waals surface area contributed by atoms with Gasteiger partial charge >= 0.3 is 0 Å². The first kappa shape index (κ1) is 14.2. The number of rotatable bonds is 4. The molecule has 2 rings (SSSR count). The second kappa shape index (κ2) is 5.04. The maximum absolute atomic E-state index is 11.9. The molecule has 1 atom stereocenters. The van der Waals surface area contributed by atoms with Gasteiger partial charge in [-0.3, -0.25) is 4.79 Å². The van der Waals surface area contributed by atoms with Crippen LogP contribution in [0.3, 0.4) is 0 Å². The highest BCUT2D eigenvalue weighted by Crippen LogP contribution is 2.21. The Labute approximate surface area is 111 Å². The van der Waals surface area contributed by atoms with Gasteiger partial charge in [-0.1, -0.05) is 0 Å². The zero-order valence-electron chi connectivity index (χ0n) is 10.7. The van der Waals surface area contributed by atoms with E-state index in [1.54, 1.807) is 13.8 Å². The fourth-order valence-electron chi connectivity index (χ4n) is 1.71. The molecule has 0 aromatic carbocycles. The Morgan fingerprint density at radius 1 is 1.47 bits per heavy atom. The van der Waals surface area contributed by atoms with Gasteiger partial charge in [0.05, 0.1) is 17.6 Å². The molecule has 1 aromatic heterocycles. The van der Waals surface area contributed by atoms with Crippen molar-refractivity contribution in [2.24, 2.45) is 0 Å². The average Bonchev–Trinajstić information content (AvgIpc) is 2.67. The first-order valence-corrected chi connectivity index (χ1v) is 7.27. The maximum atomic E-state index is 11.9. The number of H-pyrrole nitrogens is 1. The molecule has 2 heterocycles. The summed E-state index contributed by atoms with van der Waals surface area (Å²) in [7, 11) is -3.66.